The zero-order chi connectivity index (χ0) is 18.0. The molecule has 140 valence electrons. The number of guanidine groups is 1. The molecular weight excluding hydrogens is 322 g/mol. The van der Waals surface area contributed by atoms with Gasteiger partial charge in [0, 0.05) is 25.0 Å². The van der Waals surface area contributed by atoms with E-state index in [1.165, 1.54) is 44.1 Å². The van der Waals surface area contributed by atoms with Crippen LogP contribution in [-0.4, -0.2) is 21.6 Å². The quantitative estimate of drug-likeness (QED) is 0.454. The second-order valence-electron chi connectivity index (χ2n) is 7.16. The van der Waals surface area contributed by atoms with Crippen LogP contribution in [0.3, 0.4) is 0 Å². The zero-order valence-electron chi connectivity index (χ0n) is 15.6. The molecule has 0 atom stereocenters. The van der Waals surface area contributed by atoms with Gasteiger partial charge < -0.3 is 15.6 Å². The van der Waals surface area contributed by atoms with E-state index in [4.69, 9.17) is 5.73 Å². The molecule has 3 N–H and O–H groups in total. The van der Waals surface area contributed by atoms with Crippen LogP contribution in [-0.2, 0) is 19.5 Å². The highest BCUT2D eigenvalue weighted by atomic mass is 15.1. The van der Waals surface area contributed by atoms with Crippen LogP contribution < -0.4 is 11.1 Å². The van der Waals surface area contributed by atoms with Crippen LogP contribution in [0.4, 0.5) is 0 Å². The molecule has 1 saturated carbocycles. The Kier molecular flexibility index (Phi) is 7.11. The monoisotopic (exact) mass is 353 g/mol. The van der Waals surface area contributed by atoms with E-state index in [-0.39, 0.29) is 0 Å². The number of rotatable bonds is 7. The number of aryl methyl sites for hydroxylation is 2. The minimum Gasteiger partial charge on any atom is -0.370 e. The SMILES string of the molecule is NC(=NCc1nccn1CCCc1ccccc1)NC1CCCCCC1. The number of benzene rings is 1. The van der Waals surface area contributed by atoms with Crippen LogP contribution in [0.15, 0.2) is 47.7 Å². The average molecular weight is 354 g/mol. The lowest BCUT2D eigenvalue weighted by Gasteiger charge is -2.16. The van der Waals surface area contributed by atoms with Crippen LogP contribution in [0.1, 0.15) is 56.3 Å². The predicted octanol–water partition coefficient (Wildman–Crippen LogP) is 3.64. The third-order valence-electron chi connectivity index (χ3n) is 5.11. The van der Waals surface area contributed by atoms with E-state index in [0.717, 1.165) is 25.2 Å². The van der Waals surface area contributed by atoms with Gasteiger partial charge in [0.1, 0.15) is 12.4 Å². The summed E-state index contributed by atoms with van der Waals surface area (Å²) < 4.78 is 2.19. The lowest BCUT2D eigenvalue weighted by Crippen LogP contribution is -2.39. The fourth-order valence-corrected chi connectivity index (χ4v) is 3.63. The molecule has 0 unspecified atom stereocenters. The Bertz CT molecular complexity index is 669. The average Bonchev–Trinajstić information content (AvgIpc) is 2.95. The summed E-state index contributed by atoms with van der Waals surface area (Å²) in [5.74, 6) is 1.53. The lowest BCUT2D eigenvalue weighted by atomic mass is 10.1. The fourth-order valence-electron chi connectivity index (χ4n) is 3.63. The Hall–Kier alpha value is -2.30. The topological polar surface area (TPSA) is 68.2 Å². The fraction of sp³-hybridized carbons (Fsp3) is 0.524. The maximum absolute atomic E-state index is 6.10. The molecule has 5 nitrogen and oxygen atoms in total. The number of hydrogen-bond donors (Lipinski definition) is 2. The third-order valence-corrected chi connectivity index (χ3v) is 5.11. The van der Waals surface area contributed by atoms with Crippen molar-refractivity contribution in [2.24, 2.45) is 10.7 Å². The van der Waals surface area contributed by atoms with Crippen molar-refractivity contribution in [3.8, 4) is 0 Å². The van der Waals surface area contributed by atoms with Gasteiger partial charge in [-0.15, -0.1) is 0 Å². The van der Waals surface area contributed by atoms with Crippen LogP contribution >= 0.6 is 0 Å². The zero-order valence-corrected chi connectivity index (χ0v) is 15.6. The van der Waals surface area contributed by atoms with E-state index in [2.05, 4.69) is 50.2 Å². The van der Waals surface area contributed by atoms with Crippen molar-refractivity contribution in [2.75, 3.05) is 0 Å². The van der Waals surface area contributed by atoms with Crippen molar-refractivity contribution < 1.29 is 0 Å². The predicted molar refractivity (Wildman–Crippen MR) is 107 cm³/mol. The molecule has 2 aromatic rings. The molecule has 0 aliphatic heterocycles. The summed E-state index contributed by atoms with van der Waals surface area (Å²) in [4.78, 5) is 8.97. The van der Waals surface area contributed by atoms with Gasteiger partial charge in [-0.05, 0) is 31.2 Å². The molecule has 5 heteroatoms. The summed E-state index contributed by atoms with van der Waals surface area (Å²) in [5.41, 5.74) is 7.48. The molecule has 0 amide bonds. The van der Waals surface area contributed by atoms with Crippen LogP contribution in [0, 0.1) is 0 Å². The van der Waals surface area contributed by atoms with Gasteiger partial charge in [-0.2, -0.15) is 0 Å². The number of nitrogens with zero attached hydrogens (tertiary/aromatic N) is 3. The van der Waals surface area contributed by atoms with Crippen LogP contribution in [0.2, 0.25) is 0 Å². The van der Waals surface area contributed by atoms with Gasteiger partial charge in [-0.3, -0.25) is 0 Å². The van der Waals surface area contributed by atoms with E-state index in [1.54, 1.807) is 0 Å². The number of hydrogen-bond acceptors (Lipinski definition) is 2. The highest BCUT2D eigenvalue weighted by Gasteiger charge is 2.12. The molecule has 1 aliphatic rings. The van der Waals surface area contributed by atoms with Gasteiger partial charge in [-0.25, -0.2) is 9.98 Å². The van der Waals surface area contributed by atoms with E-state index < -0.39 is 0 Å². The summed E-state index contributed by atoms with van der Waals surface area (Å²) in [6.45, 7) is 1.49. The molecule has 0 radical (unpaired) electrons. The van der Waals surface area contributed by atoms with Crippen molar-refractivity contribution in [1.29, 1.82) is 0 Å². The molecule has 0 saturated heterocycles. The molecule has 1 aromatic heterocycles. The highest BCUT2D eigenvalue weighted by Crippen LogP contribution is 2.17. The summed E-state index contributed by atoms with van der Waals surface area (Å²) in [6, 6.07) is 11.1. The van der Waals surface area contributed by atoms with Gasteiger partial charge in [0.15, 0.2) is 5.96 Å². The minimum atomic E-state index is 0.479. The first kappa shape index (κ1) is 18.5. The standard InChI is InChI=1S/C21H31N5/c22-21(25-19-12-6-1-2-7-13-19)24-17-20-23-14-16-26(20)15-8-11-18-9-4-3-5-10-18/h3-5,9-10,14,16,19H,1-2,6-8,11-13,15,17H2,(H3,22,24,25). The largest absolute Gasteiger partial charge is 0.370 e. The maximum atomic E-state index is 6.10. The number of nitrogens with one attached hydrogen (secondary N) is 1. The summed E-state index contributed by atoms with van der Waals surface area (Å²) in [7, 11) is 0. The minimum absolute atomic E-state index is 0.479. The molecule has 26 heavy (non-hydrogen) atoms. The smallest absolute Gasteiger partial charge is 0.189 e. The second-order valence-corrected chi connectivity index (χ2v) is 7.16. The van der Waals surface area contributed by atoms with E-state index in [0.29, 0.717) is 18.5 Å². The Labute approximate surface area is 156 Å². The molecule has 1 heterocycles. The molecular formula is C21H31N5. The van der Waals surface area contributed by atoms with Gasteiger partial charge in [0.2, 0.25) is 0 Å². The molecule has 1 aliphatic carbocycles. The molecule has 1 fully saturated rings. The number of nitrogens with two attached hydrogens (primary N) is 1. The van der Waals surface area contributed by atoms with Crippen LogP contribution in [0.5, 0.6) is 0 Å². The van der Waals surface area contributed by atoms with Gasteiger partial charge in [0.05, 0.1) is 0 Å². The van der Waals surface area contributed by atoms with Crippen molar-refractivity contribution in [2.45, 2.75) is 70.5 Å². The Morgan fingerprint density at radius 2 is 1.92 bits per heavy atom. The Morgan fingerprint density at radius 1 is 1.15 bits per heavy atom. The van der Waals surface area contributed by atoms with Crippen molar-refractivity contribution in [3.63, 3.8) is 0 Å². The molecule has 0 spiro atoms. The summed E-state index contributed by atoms with van der Waals surface area (Å²) in [6.07, 6.45) is 13.7. The second kappa shape index (κ2) is 10.00. The number of aromatic nitrogens is 2. The van der Waals surface area contributed by atoms with Crippen LogP contribution in [0.25, 0.3) is 0 Å². The highest BCUT2D eigenvalue weighted by molar-refractivity contribution is 5.78. The van der Waals surface area contributed by atoms with Gasteiger partial charge in [0.25, 0.3) is 0 Å². The first-order valence-corrected chi connectivity index (χ1v) is 9.91. The molecule has 1 aromatic carbocycles. The number of aliphatic imine (C=N–C) groups is 1. The Balaban J connectivity index is 1.46. The van der Waals surface area contributed by atoms with Crippen molar-refractivity contribution >= 4 is 5.96 Å². The number of imidazole rings is 1. The lowest BCUT2D eigenvalue weighted by molar-refractivity contribution is 0.529. The van der Waals surface area contributed by atoms with Crippen molar-refractivity contribution in [1.82, 2.24) is 14.9 Å². The normalized spacial score (nSPS) is 16.4. The summed E-state index contributed by atoms with van der Waals surface area (Å²) in [5, 5.41) is 3.40. The summed E-state index contributed by atoms with van der Waals surface area (Å²) >= 11 is 0. The molecule has 3 rings (SSSR count). The Morgan fingerprint density at radius 3 is 2.69 bits per heavy atom. The van der Waals surface area contributed by atoms with Gasteiger partial charge in [-0.1, -0.05) is 56.0 Å². The van der Waals surface area contributed by atoms with E-state index in [1.807, 2.05) is 12.4 Å². The van der Waals surface area contributed by atoms with Gasteiger partial charge >= 0.3 is 0 Å². The maximum Gasteiger partial charge on any atom is 0.189 e. The molecule has 0 bridgehead atoms. The van der Waals surface area contributed by atoms with E-state index in [9.17, 15) is 0 Å². The first-order chi connectivity index (χ1) is 12.8. The van der Waals surface area contributed by atoms with Crippen molar-refractivity contribution in [3.05, 3.63) is 54.1 Å². The van der Waals surface area contributed by atoms with E-state index >= 15 is 0 Å². The first-order valence-electron chi connectivity index (χ1n) is 9.91. The third kappa shape index (κ3) is 5.90.